The van der Waals surface area contributed by atoms with Crippen LogP contribution in [0.3, 0.4) is 0 Å². The van der Waals surface area contributed by atoms with Crippen LogP contribution in [0.2, 0.25) is 10.0 Å². The van der Waals surface area contributed by atoms with Crippen LogP contribution < -0.4 is 19.1 Å². The van der Waals surface area contributed by atoms with Gasteiger partial charge in [-0.15, -0.1) is 0 Å². The summed E-state index contributed by atoms with van der Waals surface area (Å²) in [5.41, 5.74) is 4.23. The molecular weight excluding hydrogens is 599 g/mol. The summed E-state index contributed by atoms with van der Waals surface area (Å²) in [5, 5.41) is 1.06. The number of dihydropyridines is 1. The molecule has 1 fully saturated rings. The predicted molar refractivity (Wildman–Crippen MR) is 175 cm³/mol. The van der Waals surface area contributed by atoms with E-state index in [2.05, 4.69) is 20.9 Å². The Kier molecular flexibility index (Phi) is 9.40. The lowest BCUT2D eigenvalue weighted by molar-refractivity contribution is -0.132. The Morgan fingerprint density at radius 2 is 1.75 bits per heavy atom. The largest absolute Gasteiger partial charge is 0.454 e. The summed E-state index contributed by atoms with van der Waals surface area (Å²) in [6.45, 7) is 5.46. The molecule has 3 aliphatic heterocycles. The van der Waals surface area contributed by atoms with Gasteiger partial charge in [0.05, 0.1) is 16.6 Å². The molecule has 10 heteroatoms. The van der Waals surface area contributed by atoms with Crippen LogP contribution in [0, 0.1) is 0 Å². The fourth-order valence-electron chi connectivity index (χ4n) is 5.32. The maximum absolute atomic E-state index is 13.0. The average Bonchev–Trinajstić information content (AvgIpc) is 3.51. The van der Waals surface area contributed by atoms with E-state index < -0.39 is 0 Å². The second kappa shape index (κ2) is 13.8. The van der Waals surface area contributed by atoms with Gasteiger partial charge in [-0.05, 0) is 71.3 Å². The third-order valence-electron chi connectivity index (χ3n) is 7.88. The molecule has 0 radical (unpaired) electrons. The number of piperazine rings is 1. The number of carbonyl (C=O) groups excluding carboxylic acids is 1. The number of rotatable bonds is 8. The summed E-state index contributed by atoms with van der Waals surface area (Å²) in [6, 6.07) is 19.5. The van der Waals surface area contributed by atoms with Crippen LogP contribution >= 0.6 is 23.2 Å². The van der Waals surface area contributed by atoms with E-state index in [4.69, 9.17) is 37.4 Å². The first-order valence-corrected chi connectivity index (χ1v) is 15.4. The van der Waals surface area contributed by atoms with Crippen molar-refractivity contribution in [2.45, 2.75) is 13.0 Å². The zero-order valence-electron chi connectivity index (χ0n) is 24.5. The van der Waals surface area contributed by atoms with E-state index >= 15 is 0 Å². The summed E-state index contributed by atoms with van der Waals surface area (Å²) in [5.74, 6) is 3.06. The Morgan fingerprint density at radius 1 is 0.955 bits per heavy atom. The Balaban J connectivity index is 0.923. The Labute approximate surface area is 267 Å². The highest BCUT2D eigenvalue weighted by atomic mass is 35.5. The second-order valence-electron chi connectivity index (χ2n) is 11.0. The highest BCUT2D eigenvalue weighted by molar-refractivity contribution is 6.42. The lowest BCUT2D eigenvalue weighted by Gasteiger charge is -2.35. The molecule has 0 N–H and O–H groups in total. The standard InChI is InChI=1S/C34H34Cl2N4O4/c1-38(13-12-34(41)40-16-14-39(15-17-40)22-26-3-10-31-32(20-26)43-23-42-31)27-5-7-28(8-6-27)44-33-11-4-25(21-37-33)18-24-2-9-29(35)30(36)19-24/h2-11,18-20H,12-17,21-23H2,1H3. The summed E-state index contributed by atoms with van der Waals surface area (Å²) in [4.78, 5) is 23.9. The predicted octanol–water partition coefficient (Wildman–Crippen LogP) is 6.32. The van der Waals surface area contributed by atoms with Gasteiger partial charge in [-0.1, -0.05) is 41.4 Å². The van der Waals surface area contributed by atoms with Crippen LogP contribution in [0.1, 0.15) is 17.5 Å². The summed E-state index contributed by atoms with van der Waals surface area (Å²) in [6.07, 6.45) is 6.34. The van der Waals surface area contributed by atoms with Crippen molar-refractivity contribution >= 4 is 46.8 Å². The summed E-state index contributed by atoms with van der Waals surface area (Å²) in [7, 11) is 2.00. The molecule has 3 aromatic rings. The van der Waals surface area contributed by atoms with Gasteiger partial charge < -0.3 is 24.0 Å². The SMILES string of the molecule is CN(CCC(=O)N1CCN(Cc2ccc3c(c2)OCO3)CC1)c1ccc(OC2=NCC(=Cc3ccc(Cl)c(Cl)c3)C=C2)cc1. The number of anilines is 1. The Morgan fingerprint density at radius 3 is 2.50 bits per heavy atom. The Hall–Kier alpha value is -3.98. The minimum absolute atomic E-state index is 0.189. The Bertz CT molecular complexity index is 1600. The third-order valence-corrected chi connectivity index (χ3v) is 8.62. The molecular formula is C34H34Cl2N4O4. The summed E-state index contributed by atoms with van der Waals surface area (Å²) < 4.78 is 16.9. The zero-order valence-corrected chi connectivity index (χ0v) is 26.1. The highest BCUT2D eigenvalue weighted by Gasteiger charge is 2.22. The van der Waals surface area contributed by atoms with E-state index in [0.29, 0.717) is 41.2 Å². The van der Waals surface area contributed by atoms with Crippen molar-refractivity contribution in [3.63, 3.8) is 0 Å². The fraction of sp³-hybridized carbons (Fsp3) is 0.294. The molecule has 0 unspecified atom stereocenters. The molecule has 3 heterocycles. The van der Waals surface area contributed by atoms with Gasteiger partial charge in [0, 0.05) is 64.5 Å². The molecule has 0 spiro atoms. The van der Waals surface area contributed by atoms with E-state index in [1.807, 2.05) is 78.7 Å². The van der Waals surface area contributed by atoms with Gasteiger partial charge in [0.15, 0.2) is 11.5 Å². The van der Waals surface area contributed by atoms with Crippen molar-refractivity contribution in [3.8, 4) is 17.2 Å². The topological polar surface area (TPSA) is 66.8 Å². The first-order chi connectivity index (χ1) is 21.4. The molecule has 8 nitrogen and oxygen atoms in total. The number of carbonyl (C=O) groups is 1. The van der Waals surface area contributed by atoms with Crippen LogP contribution in [0.15, 0.2) is 83.4 Å². The first-order valence-electron chi connectivity index (χ1n) is 14.7. The number of halogens is 2. The van der Waals surface area contributed by atoms with Gasteiger partial charge >= 0.3 is 0 Å². The molecule has 0 aliphatic carbocycles. The molecule has 44 heavy (non-hydrogen) atoms. The molecule has 3 aliphatic rings. The smallest absolute Gasteiger partial charge is 0.231 e. The third kappa shape index (κ3) is 7.56. The van der Waals surface area contributed by atoms with E-state index in [0.717, 1.165) is 61.0 Å². The van der Waals surface area contributed by atoms with E-state index in [1.165, 1.54) is 5.56 Å². The van der Waals surface area contributed by atoms with Crippen molar-refractivity contribution in [2.24, 2.45) is 4.99 Å². The molecule has 228 valence electrons. The van der Waals surface area contributed by atoms with Gasteiger partial charge in [0.2, 0.25) is 18.6 Å². The molecule has 0 atom stereocenters. The number of fused-ring (bicyclic) bond motifs is 1. The molecule has 1 amide bonds. The van der Waals surface area contributed by atoms with Gasteiger partial charge in [0.25, 0.3) is 0 Å². The molecule has 1 saturated heterocycles. The lowest BCUT2D eigenvalue weighted by Crippen LogP contribution is -2.48. The molecule has 0 saturated carbocycles. The van der Waals surface area contributed by atoms with Crippen LogP contribution in [0.5, 0.6) is 17.2 Å². The van der Waals surface area contributed by atoms with Crippen molar-refractivity contribution in [2.75, 3.05) is 58.0 Å². The monoisotopic (exact) mass is 632 g/mol. The first kappa shape index (κ1) is 30.1. The lowest BCUT2D eigenvalue weighted by atomic mass is 10.1. The number of amides is 1. The minimum atomic E-state index is 0.189. The number of hydrogen-bond acceptors (Lipinski definition) is 7. The van der Waals surface area contributed by atoms with E-state index in [-0.39, 0.29) is 12.7 Å². The second-order valence-corrected chi connectivity index (χ2v) is 11.8. The van der Waals surface area contributed by atoms with Gasteiger partial charge in [-0.3, -0.25) is 9.69 Å². The quantitative estimate of drug-likeness (QED) is 0.289. The van der Waals surface area contributed by atoms with Crippen LogP contribution in [-0.4, -0.2) is 74.7 Å². The van der Waals surface area contributed by atoms with E-state index in [1.54, 1.807) is 6.07 Å². The van der Waals surface area contributed by atoms with Crippen molar-refractivity contribution < 1.29 is 19.0 Å². The average molecular weight is 634 g/mol. The molecule has 6 rings (SSSR count). The number of hydrogen-bond donors (Lipinski definition) is 0. The number of benzene rings is 3. The molecule has 3 aromatic carbocycles. The maximum atomic E-state index is 13.0. The van der Waals surface area contributed by atoms with Gasteiger partial charge in [0.1, 0.15) is 5.75 Å². The molecule has 0 aromatic heterocycles. The maximum Gasteiger partial charge on any atom is 0.231 e. The van der Waals surface area contributed by atoms with Gasteiger partial charge in [-0.25, -0.2) is 4.99 Å². The number of ether oxygens (including phenoxy) is 3. The van der Waals surface area contributed by atoms with Crippen molar-refractivity contribution in [1.82, 2.24) is 9.80 Å². The zero-order chi connectivity index (χ0) is 30.5. The minimum Gasteiger partial charge on any atom is -0.454 e. The van der Waals surface area contributed by atoms with Gasteiger partial charge in [-0.2, -0.15) is 0 Å². The van der Waals surface area contributed by atoms with Crippen LogP contribution in [0.4, 0.5) is 5.69 Å². The normalized spacial score (nSPS) is 17.1. The molecule has 0 bridgehead atoms. The fourth-order valence-corrected chi connectivity index (χ4v) is 5.63. The summed E-state index contributed by atoms with van der Waals surface area (Å²) >= 11 is 12.1. The number of aliphatic imine (C=N–C) groups is 1. The van der Waals surface area contributed by atoms with Crippen LogP contribution in [-0.2, 0) is 11.3 Å². The van der Waals surface area contributed by atoms with Crippen LogP contribution in [0.25, 0.3) is 6.08 Å². The number of nitrogens with zero attached hydrogens (tertiary/aromatic N) is 4. The van der Waals surface area contributed by atoms with E-state index in [9.17, 15) is 4.79 Å². The van der Waals surface area contributed by atoms with Crippen molar-refractivity contribution in [3.05, 3.63) is 99.6 Å². The highest BCUT2D eigenvalue weighted by Crippen LogP contribution is 2.33. The van der Waals surface area contributed by atoms with Crippen molar-refractivity contribution in [1.29, 1.82) is 0 Å².